The van der Waals surface area contributed by atoms with E-state index in [0.29, 0.717) is 5.82 Å². The first-order valence-corrected chi connectivity index (χ1v) is 6.73. The van der Waals surface area contributed by atoms with Crippen LogP contribution in [0.15, 0.2) is 30.6 Å². The highest BCUT2D eigenvalue weighted by Crippen LogP contribution is 2.16. The van der Waals surface area contributed by atoms with E-state index in [4.69, 9.17) is 0 Å². The number of hydrogen-bond donors (Lipinski definition) is 2. The molecule has 5 nitrogen and oxygen atoms in total. The second-order valence-corrected chi connectivity index (χ2v) is 4.65. The standard InChI is InChI=1S/C15H17FN4O/c1-3-6-17-14-9-18-13(8-19-14)15(21)20-12-5-4-10(2)7-11(12)16/h4-5,7-9H,3,6H2,1-2H3,(H,17,19)(H,20,21). The number of aromatic nitrogens is 2. The molecular formula is C15H17FN4O. The van der Waals surface area contributed by atoms with Gasteiger partial charge in [-0.25, -0.2) is 14.4 Å². The average Bonchev–Trinajstić information content (AvgIpc) is 2.48. The molecule has 110 valence electrons. The van der Waals surface area contributed by atoms with Gasteiger partial charge in [0.25, 0.3) is 5.91 Å². The number of hydrogen-bond acceptors (Lipinski definition) is 4. The minimum absolute atomic E-state index is 0.126. The van der Waals surface area contributed by atoms with E-state index in [0.717, 1.165) is 18.5 Å². The SMILES string of the molecule is CCCNc1cnc(C(=O)Nc2ccc(C)cc2F)cn1. The summed E-state index contributed by atoms with van der Waals surface area (Å²) in [5.74, 6) is -0.361. The minimum atomic E-state index is -0.493. The predicted octanol–water partition coefficient (Wildman–Crippen LogP) is 3.00. The molecule has 6 heteroatoms. The Morgan fingerprint density at radius 2 is 2.10 bits per heavy atom. The van der Waals surface area contributed by atoms with Crippen LogP contribution in [0.5, 0.6) is 0 Å². The molecule has 0 aliphatic rings. The van der Waals surface area contributed by atoms with Crippen LogP contribution in [0.1, 0.15) is 29.4 Å². The Morgan fingerprint density at radius 1 is 1.29 bits per heavy atom. The average molecular weight is 288 g/mol. The van der Waals surface area contributed by atoms with Crippen LogP contribution >= 0.6 is 0 Å². The van der Waals surface area contributed by atoms with Crippen molar-refractivity contribution in [2.75, 3.05) is 17.2 Å². The highest BCUT2D eigenvalue weighted by Gasteiger charge is 2.11. The largest absolute Gasteiger partial charge is 0.369 e. The van der Waals surface area contributed by atoms with Crippen molar-refractivity contribution in [2.45, 2.75) is 20.3 Å². The Morgan fingerprint density at radius 3 is 2.71 bits per heavy atom. The molecule has 0 atom stereocenters. The van der Waals surface area contributed by atoms with Crippen LogP contribution in [-0.2, 0) is 0 Å². The number of anilines is 2. The second kappa shape index (κ2) is 6.78. The van der Waals surface area contributed by atoms with Crippen molar-refractivity contribution in [3.05, 3.63) is 47.7 Å². The molecule has 0 bridgehead atoms. The van der Waals surface area contributed by atoms with Gasteiger partial charge in [0.05, 0.1) is 18.1 Å². The maximum atomic E-state index is 13.7. The summed E-state index contributed by atoms with van der Waals surface area (Å²) >= 11 is 0. The summed E-state index contributed by atoms with van der Waals surface area (Å²) < 4.78 is 13.7. The maximum Gasteiger partial charge on any atom is 0.275 e. The monoisotopic (exact) mass is 288 g/mol. The van der Waals surface area contributed by atoms with Gasteiger partial charge < -0.3 is 10.6 Å². The molecular weight excluding hydrogens is 271 g/mol. The number of nitrogens with one attached hydrogen (secondary N) is 2. The number of nitrogens with zero attached hydrogens (tertiary/aromatic N) is 2. The number of carbonyl (C=O) groups excluding carboxylic acids is 1. The van der Waals surface area contributed by atoms with Crippen molar-refractivity contribution in [3.63, 3.8) is 0 Å². The van der Waals surface area contributed by atoms with Crippen LogP contribution in [0.3, 0.4) is 0 Å². The number of amides is 1. The number of rotatable bonds is 5. The van der Waals surface area contributed by atoms with E-state index in [1.54, 1.807) is 13.0 Å². The van der Waals surface area contributed by atoms with E-state index in [2.05, 4.69) is 20.6 Å². The number of aryl methyl sites for hydroxylation is 1. The molecule has 0 aliphatic heterocycles. The maximum absolute atomic E-state index is 13.7. The highest BCUT2D eigenvalue weighted by atomic mass is 19.1. The molecule has 1 aromatic heterocycles. The summed E-state index contributed by atoms with van der Waals surface area (Å²) in [6, 6.07) is 4.61. The van der Waals surface area contributed by atoms with Gasteiger partial charge in [-0.1, -0.05) is 13.0 Å². The summed E-state index contributed by atoms with van der Waals surface area (Å²) in [5, 5.41) is 5.54. The van der Waals surface area contributed by atoms with Gasteiger partial charge in [-0.3, -0.25) is 4.79 Å². The van der Waals surface area contributed by atoms with Gasteiger partial charge in [0, 0.05) is 6.54 Å². The van der Waals surface area contributed by atoms with Gasteiger partial charge in [0.2, 0.25) is 0 Å². The molecule has 0 aliphatic carbocycles. The molecule has 0 saturated heterocycles. The Kier molecular flexibility index (Phi) is 4.81. The quantitative estimate of drug-likeness (QED) is 0.887. The Balaban J connectivity index is 2.06. The molecule has 21 heavy (non-hydrogen) atoms. The third-order valence-electron chi connectivity index (χ3n) is 2.81. The molecule has 0 unspecified atom stereocenters. The Bertz CT molecular complexity index is 628. The van der Waals surface area contributed by atoms with Crippen molar-refractivity contribution in [1.29, 1.82) is 0 Å². The molecule has 0 fully saturated rings. The second-order valence-electron chi connectivity index (χ2n) is 4.65. The fourth-order valence-electron chi connectivity index (χ4n) is 1.70. The van der Waals surface area contributed by atoms with Gasteiger partial charge >= 0.3 is 0 Å². The molecule has 1 aromatic carbocycles. The summed E-state index contributed by atoms with van der Waals surface area (Å²) in [5.41, 5.74) is 1.05. The lowest BCUT2D eigenvalue weighted by Crippen LogP contribution is -2.15. The van der Waals surface area contributed by atoms with E-state index in [9.17, 15) is 9.18 Å². The molecule has 0 spiro atoms. The third-order valence-corrected chi connectivity index (χ3v) is 2.81. The van der Waals surface area contributed by atoms with E-state index in [-0.39, 0.29) is 11.4 Å². The summed E-state index contributed by atoms with van der Waals surface area (Å²) in [4.78, 5) is 20.1. The lowest BCUT2D eigenvalue weighted by atomic mass is 10.2. The van der Waals surface area contributed by atoms with Crippen molar-refractivity contribution < 1.29 is 9.18 Å². The molecule has 0 radical (unpaired) electrons. The van der Waals surface area contributed by atoms with E-state index in [1.807, 2.05) is 6.92 Å². The van der Waals surface area contributed by atoms with Crippen molar-refractivity contribution in [3.8, 4) is 0 Å². The van der Waals surface area contributed by atoms with Crippen LogP contribution < -0.4 is 10.6 Å². The van der Waals surface area contributed by atoms with Crippen LogP contribution in [0, 0.1) is 12.7 Å². The lowest BCUT2D eigenvalue weighted by Gasteiger charge is -2.07. The van der Waals surface area contributed by atoms with Crippen LogP contribution in [0.25, 0.3) is 0 Å². The predicted molar refractivity (Wildman–Crippen MR) is 79.9 cm³/mol. The topological polar surface area (TPSA) is 66.9 Å². The molecule has 2 rings (SSSR count). The zero-order valence-corrected chi connectivity index (χ0v) is 12.0. The van der Waals surface area contributed by atoms with Gasteiger partial charge in [0.1, 0.15) is 17.3 Å². The van der Waals surface area contributed by atoms with E-state index in [1.165, 1.54) is 24.5 Å². The summed E-state index contributed by atoms with van der Waals surface area (Å²) in [7, 11) is 0. The van der Waals surface area contributed by atoms with Gasteiger partial charge in [-0.15, -0.1) is 0 Å². The first kappa shape index (κ1) is 14.9. The van der Waals surface area contributed by atoms with Crippen LogP contribution in [0.2, 0.25) is 0 Å². The summed E-state index contributed by atoms with van der Waals surface area (Å²) in [6.07, 6.45) is 3.81. The zero-order chi connectivity index (χ0) is 15.2. The van der Waals surface area contributed by atoms with E-state index >= 15 is 0 Å². The van der Waals surface area contributed by atoms with Crippen molar-refractivity contribution in [1.82, 2.24) is 9.97 Å². The molecule has 1 amide bonds. The fourth-order valence-corrected chi connectivity index (χ4v) is 1.70. The van der Waals surface area contributed by atoms with Crippen LogP contribution in [0.4, 0.5) is 15.9 Å². The smallest absolute Gasteiger partial charge is 0.275 e. The van der Waals surface area contributed by atoms with E-state index < -0.39 is 11.7 Å². The lowest BCUT2D eigenvalue weighted by molar-refractivity contribution is 0.102. The third kappa shape index (κ3) is 3.98. The minimum Gasteiger partial charge on any atom is -0.369 e. The Labute approximate surface area is 122 Å². The first-order chi connectivity index (χ1) is 10.1. The number of halogens is 1. The van der Waals surface area contributed by atoms with Crippen LogP contribution in [-0.4, -0.2) is 22.4 Å². The Hall–Kier alpha value is -2.50. The molecule has 2 aromatic rings. The number of benzene rings is 1. The molecule has 1 heterocycles. The fraction of sp³-hybridized carbons (Fsp3) is 0.267. The highest BCUT2D eigenvalue weighted by molar-refractivity contribution is 6.02. The van der Waals surface area contributed by atoms with Gasteiger partial charge in [-0.2, -0.15) is 0 Å². The zero-order valence-electron chi connectivity index (χ0n) is 12.0. The molecule has 0 saturated carbocycles. The number of carbonyl (C=O) groups is 1. The summed E-state index contributed by atoms with van der Waals surface area (Å²) in [6.45, 7) is 4.61. The normalized spacial score (nSPS) is 10.2. The van der Waals surface area contributed by atoms with Crippen molar-refractivity contribution >= 4 is 17.4 Å². The van der Waals surface area contributed by atoms with Crippen molar-refractivity contribution in [2.24, 2.45) is 0 Å². The molecule has 2 N–H and O–H groups in total. The van der Waals surface area contributed by atoms with Gasteiger partial charge in [-0.05, 0) is 31.0 Å². The van der Waals surface area contributed by atoms with Gasteiger partial charge in [0.15, 0.2) is 0 Å². The first-order valence-electron chi connectivity index (χ1n) is 6.73.